The van der Waals surface area contributed by atoms with Gasteiger partial charge in [0.15, 0.2) is 0 Å². The minimum atomic E-state index is -0.899. The number of halogens is 1. The van der Waals surface area contributed by atoms with Gasteiger partial charge in [0.2, 0.25) is 0 Å². The number of rotatable bonds is 5. The molecule has 2 aromatic carbocycles. The van der Waals surface area contributed by atoms with Gasteiger partial charge in [0, 0.05) is 22.4 Å². The maximum Gasteiger partial charge on any atom is 0.335 e. The zero-order chi connectivity index (χ0) is 16.2. The van der Waals surface area contributed by atoms with E-state index in [4.69, 9.17) is 16.7 Å². The lowest BCUT2D eigenvalue weighted by molar-refractivity contribution is 0.0697. The van der Waals surface area contributed by atoms with Crippen LogP contribution in [-0.2, 0) is 12.8 Å². The fraction of sp³-hybridized carbons (Fsp3) is 0.111. The Hall–Kier alpha value is -2.17. The Morgan fingerprint density at radius 1 is 1.04 bits per heavy atom. The van der Waals surface area contributed by atoms with Crippen molar-refractivity contribution in [3.63, 3.8) is 0 Å². The molecule has 1 heterocycles. The number of nitrogens with zero attached hydrogens (tertiary/aromatic N) is 1. The average Bonchev–Trinajstić information content (AvgIpc) is 3.03. The molecule has 0 saturated carbocycles. The van der Waals surface area contributed by atoms with E-state index in [1.165, 1.54) is 0 Å². The molecule has 0 amide bonds. The Labute approximate surface area is 143 Å². The SMILES string of the molecule is O=C(O)c1ccc(CCc2nc(-c3ccc(Cl)cc3)cs2)cc1. The van der Waals surface area contributed by atoms with E-state index in [0.29, 0.717) is 10.6 Å². The molecular weight excluding hydrogens is 330 g/mol. The molecule has 23 heavy (non-hydrogen) atoms. The van der Waals surface area contributed by atoms with E-state index in [2.05, 4.69) is 4.98 Å². The summed E-state index contributed by atoms with van der Waals surface area (Å²) in [6.07, 6.45) is 1.68. The third kappa shape index (κ3) is 3.97. The summed E-state index contributed by atoms with van der Waals surface area (Å²) in [4.78, 5) is 15.5. The molecule has 0 radical (unpaired) electrons. The van der Waals surface area contributed by atoms with Gasteiger partial charge < -0.3 is 5.11 Å². The summed E-state index contributed by atoms with van der Waals surface area (Å²) in [6, 6.07) is 14.6. The number of carboxylic acids is 1. The van der Waals surface area contributed by atoms with Crippen LogP contribution in [0.3, 0.4) is 0 Å². The maximum absolute atomic E-state index is 10.8. The van der Waals surface area contributed by atoms with Crippen molar-refractivity contribution in [2.75, 3.05) is 0 Å². The zero-order valence-electron chi connectivity index (χ0n) is 12.2. The number of carbonyl (C=O) groups is 1. The van der Waals surface area contributed by atoms with Gasteiger partial charge >= 0.3 is 5.97 Å². The second kappa shape index (κ2) is 6.94. The van der Waals surface area contributed by atoms with Crippen molar-refractivity contribution in [1.82, 2.24) is 4.98 Å². The minimum absolute atomic E-state index is 0.313. The number of hydrogen-bond acceptors (Lipinski definition) is 3. The maximum atomic E-state index is 10.8. The first kappa shape index (κ1) is 15.7. The van der Waals surface area contributed by atoms with Crippen molar-refractivity contribution in [2.45, 2.75) is 12.8 Å². The smallest absolute Gasteiger partial charge is 0.335 e. The van der Waals surface area contributed by atoms with Crippen LogP contribution in [0.2, 0.25) is 5.02 Å². The molecule has 1 aromatic heterocycles. The average molecular weight is 344 g/mol. The molecular formula is C18H14ClNO2S. The zero-order valence-corrected chi connectivity index (χ0v) is 13.8. The molecule has 0 unspecified atom stereocenters. The molecule has 0 aliphatic rings. The van der Waals surface area contributed by atoms with E-state index in [-0.39, 0.29) is 0 Å². The third-order valence-corrected chi connectivity index (χ3v) is 4.68. The van der Waals surface area contributed by atoms with Crippen molar-refractivity contribution in [3.8, 4) is 11.3 Å². The third-order valence-electron chi connectivity index (χ3n) is 3.52. The fourth-order valence-electron chi connectivity index (χ4n) is 2.24. The van der Waals surface area contributed by atoms with Gasteiger partial charge in [0.05, 0.1) is 16.3 Å². The predicted octanol–water partition coefficient (Wildman–Crippen LogP) is 4.95. The van der Waals surface area contributed by atoms with Crippen LogP contribution < -0.4 is 0 Å². The van der Waals surface area contributed by atoms with Gasteiger partial charge in [0.25, 0.3) is 0 Å². The fourth-order valence-corrected chi connectivity index (χ4v) is 3.18. The molecule has 0 aliphatic carbocycles. The van der Waals surface area contributed by atoms with Crippen LogP contribution >= 0.6 is 22.9 Å². The molecule has 0 atom stereocenters. The molecule has 1 N–H and O–H groups in total. The van der Waals surface area contributed by atoms with Crippen LogP contribution in [0.15, 0.2) is 53.9 Å². The summed E-state index contributed by atoms with van der Waals surface area (Å²) in [5.74, 6) is -0.899. The lowest BCUT2D eigenvalue weighted by Gasteiger charge is -2.00. The lowest BCUT2D eigenvalue weighted by Crippen LogP contribution is -1.97. The van der Waals surface area contributed by atoms with Crippen LogP contribution in [0.5, 0.6) is 0 Å². The Bertz CT molecular complexity index is 810. The molecule has 0 aliphatic heterocycles. The van der Waals surface area contributed by atoms with Gasteiger partial charge in [-0.1, -0.05) is 35.9 Å². The molecule has 116 valence electrons. The van der Waals surface area contributed by atoms with Crippen LogP contribution in [0.4, 0.5) is 0 Å². The van der Waals surface area contributed by atoms with Crippen molar-refractivity contribution < 1.29 is 9.90 Å². The first-order chi connectivity index (χ1) is 11.1. The van der Waals surface area contributed by atoms with E-state index in [9.17, 15) is 4.79 Å². The first-order valence-corrected chi connectivity index (χ1v) is 8.40. The Balaban J connectivity index is 1.65. The number of carboxylic acid groups (broad SMARTS) is 1. The number of aromatic carboxylic acids is 1. The molecule has 5 heteroatoms. The summed E-state index contributed by atoms with van der Waals surface area (Å²) < 4.78 is 0. The van der Waals surface area contributed by atoms with E-state index in [1.54, 1.807) is 23.5 Å². The molecule has 0 spiro atoms. The van der Waals surface area contributed by atoms with Gasteiger partial charge in [-0.15, -0.1) is 11.3 Å². The highest BCUT2D eigenvalue weighted by atomic mass is 35.5. The second-order valence-corrected chi connectivity index (χ2v) is 6.51. The van der Waals surface area contributed by atoms with Crippen LogP contribution in [-0.4, -0.2) is 16.1 Å². The molecule has 0 bridgehead atoms. The quantitative estimate of drug-likeness (QED) is 0.713. The normalized spacial score (nSPS) is 10.7. The molecule has 3 nitrogen and oxygen atoms in total. The predicted molar refractivity (Wildman–Crippen MR) is 93.4 cm³/mol. The van der Waals surface area contributed by atoms with Crippen molar-refractivity contribution >= 4 is 28.9 Å². The van der Waals surface area contributed by atoms with E-state index >= 15 is 0 Å². The molecule has 0 fully saturated rings. The van der Waals surface area contributed by atoms with Gasteiger partial charge in [-0.05, 0) is 36.2 Å². The lowest BCUT2D eigenvalue weighted by atomic mass is 10.1. The molecule has 0 saturated heterocycles. The highest BCUT2D eigenvalue weighted by molar-refractivity contribution is 7.09. The summed E-state index contributed by atoms with van der Waals surface area (Å²) in [6.45, 7) is 0. The van der Waals surface area contributed by atoms with Gasteiger partial charge in [-0.3, -0.25) is 0 Å². The highest BCUT2D eigenvalue weighted by Crippen LogP contribution is 2.24. The topological polar surface area (TPSA) is 50.2 Å². The van der Waals surface area contributed by atoms with Gasteiger partial charge in [-0.25, -0.2) is 9.78 Å². The van der Waals surface area contributed by atoms with E-state index in [1.807, 2.05) is 41.8 Å². The van der Waals surface area contributed by atoms with E-state index < -0.39 is 5.97 Å². The summed E-state index contributed by atoms with van der Waals surface area (Å²) in [5, 5.41) is 12.7. The summed E-state index contributed by atoms with van der Waals surface area (Å²) >= 11 is 7.54. The number of benzene rings is 2. The van der Waals surface area contributed by atoms with Gasteiger partial charge in [0.1, 0.15) is 0 Å². The van der Waals surface area contributed by atoms with Crippen LogP contribution in [0.1, 0.15) is 20.9 Å². The van der Waals surface area contributed by atoms with E-state index in [0.717, 1.165) is 34.7 Å². The Kier molecular flexibility index (Phi) is 4.74. The minimum Gasteiger partial charge on any atom is -0.478 e. The number of aromatic nitrogens is 1. The number of hydrogen-bond donors (Lipinski definition) is 1. The number of aryl methyl sites for hydroxylation is 2. The summed E-state index contributed by atoms with van der Waals surface area (Å²) in [5.41, 5.74) is 3.44. The standard InChI is InChI=1S/C18H14ClNO2S/c19-15-8-6-13(7-9-15)16-11-23-17(20-16)10-3-12-1-4-14(5-2-12)18(21)22/h1-2,4-9,11H,3,10H2,(H,21,22). The molecule has 3 rings (SSSR count). The van der Waals surface area contributed by atoms with Gasteiger partial charge in [-0.2, -0.15) is 0 Å². The Morgan fingerprint density at radius 2 is 1.74 bits per heavy atom. The first-order valence-electron chi connectivity index (χ1n) is 7.14. The number of thiazole rings is 1. The van der Waals surface area contributed by atoms with Crippen molar-refractivity contribution in [2.24, 2.45) is 0 Å². The van der Waals surface area contributed by atoms with Crippen LogP contribution in [0, 0.1) is 0 Å². The van der Waals surface area contributed by atoms with Crippen molar-refractivity contribution in [1.29, 1.82) is 0 Å². The second-order valence-electron chi connectivity index (χ2n) is 5.14. The summed E-state index contributed by atoms with van der Waals surface area (Å²) in [7, 11) is 0. The van der Waals surface area contributed by atoms with Crippen molar-refractivity contribution in [3.05, 3.63) is 75.1 Å². The highest BCUT2D eigenvalue weighted by Gasteiger charge is 2.06. The monoisotopic (exact) mass is 343 g/mol. The Morgan fingerprint density at radius 3 is 2.39 bits per heavy atom. The largest absolute Gasteiger partial charge is 0.478 e. The molecule has 3 aromatic rings. The van der Waals surface area contributed by atoms with Crippen LogP contribution in [0.25, 0.3) is 11.3 Å².